The number of nitrogens with two attached hydrogens (primary N) is 1. The van der Waals surface area contributed by atoms with E-state index < -0.39 is 0 Å². The number of halogens is 2. The largest absolute Gasteiger partial charge is 0.487 e. The van der Waals surface area contributed by atoms with Gasteiger partial charge in [0.2, 0.25) is 0 Å². The van der Waals surface area contributed by atoms with Crippen molar-refractivity contribution in [3.05, 3.63) is 65.6 Å². The monoisotopic (exact) mass is 562 g/mol. The standard InChI is InChI=1S/C17H12I2N2O2S/c18-12-6-11(7-14-16(22)21-17(20)24-14)15(13(19)8-12)23-9-10-4-2-1-3-5-10/h1-8H,9H2,(H2,20,21,22)/b14-7+. The van der Waals surface area contributed by atoms with E-state index in [1.54, 1.807) is 6.08 Å². The molecule has 1 aliphatic heterocycles. The third kappa shape index (κ3) is 4.31. The third-order valence-electron chi connectivity index (χ3n) is 3.19. The SMILES string of the molecule is NC1=NC(=O)/C(=C\c2cc(I)cc(I)c2OCc2ccccc2)S1. The summed E-state index contributed by atoms with van der Waals surface area (Å²) in [5.41, 5.74) is 7.56. The predicted octanol–water partition coefficient (Wildman–Crippen LogP) is 4.40. The number of amidine groups is 1. The number of rotatable bonds is 4. The van der Waals surface area contributed by atoms with Crippen LogP contribution in [-0.4, -0.2) is 11.1 Å². The second-order valence-corrected chi connectivity index (χ2v) is 8.42. The predicted molar refractivity (Wildman–Crippen MR) is 115 cm³/mol. The maximum atomic E-state index is 11.8. The zero-order valence-electron chi connectivity index (χ0n) is 12.3. The molecule has 0 atom stereocenters. The Balaban J connectivity index is 1.91. The number of ether oxygens (including phenoxy) is 1. The van der Waals surface area contributed by atoms with Gasteiger partial charge in [0.25, 0.3) is 5.91 Å². The molecular formula is C17H12I2N2O2S. The van der Waals surface area contributed by atoms with E-state index in [0.29, 0.717) is 11.5 Å². The molecule has 0 fully saturated rings. The van der Waals surface area contributed by atoms with Crippen LogP contribution in [0.5, 0.6) is 5.75 Å². The lowest BCUT2D eigenvalue weighted by Crippen LogP contribution is -2.01. The fourth-order valence-electron chi connectivity index (χ4n) is 2.14. The van der Waals surface area contributed by atoms with Crippen LogP contribution in [-0.2, 0) is 11.4 Å². The molecule has 0 aromatic heterocycles. The highest BCUT2D eigenvalue weighted by Crippen LogP contribution is 2.34. The van der Waals surface area contributed by atoms with Crippen molar-refractivity contribution in [2.75, 3.05) is 0 Å². The second kappa shape index (κ2) is 7.87. The smallest absolute Gasteiger partial charge is 0.286 e. The Morgan fingerprint density at radius 2 is 1.96 bits per heavy atom. The molecule has 0 unspecified atom stereocenters. The molecule has 1 heterocycles. The highest BCUT2D eigenvalue weighted by molar-refractivity contribution is 14.1. The van der Waals surface area contributed by atoms with Crippen molar-refractivity contribution in [2.24, 2.45) is 10.7 Å². The topological polar surface area (TPSA) is 64.7 Å². The Kier molecular flexibility index (Phi) is 5.82. The van der Waals surface area contributed by atoms with E-state index in [9.17, 15) is 4.79 Å². The minimum absolute atomic E-state index is 0.276. The number of amides is 1. The summed E-state index contributed by atoms with van der Waals surface area (Å²) in [6, 6.07) is 14.0. The van der Waals surface area contributed by atoms with E-state index in [1.165, 1.54) is 11.8 Å². The van der Waals surface area contributed by atoms with Crippen molar-refractivity contribution in [3.63, 3.8) is 0 Å². The summed E-state index contributed by atoms with van der Waals surface area (Å²) >= 11 is 5.68. The Hall–Kier alpha value is -1.07. The van der Waals surface area contributed by atoms with Crippen LogP contribution < -0.4 is 10.5 Å². The summed E-state index contributed by atoms with van der Waals surface area (Å²) < 4.78 is 8.10. The van der Waals surface area contributed by atoms with Gasteiger partial charge in [0.15, 0.2) is 5.17 Å². The molecule has 0 saturated carbocycles. The molecular weight excluding hydrogens is 550 g/mol. The molecule has 0 spiro atoms. The van der Waals surface area contributed by atoms with Gasteiger partial charge in [-0.1, -0.05) is 30.3 Å². The van der Waals surface area contributed by atoms with E-state index in [0.717, 1.165) is 24.0 Å². The van der Waals surface area contributed by atoms with Crippen LogP contribution in [0.2, 0.25) is 0 Å². The highest BCUT2D eigenvalue weighted by Gasteiger charge is 2.21. The summed E-state index contributed by atoms with van der Waals surface area (Å²) in [4.78, 5) is 16.1. The molecule has 0 radical (unpaired) electrons. The molecule has 3 rings (SSSR count). The Morgan fingerprint density at radius 3 is 2.62 bits per heavy atom. The molecule has 24 heavy (non-hydrogen) atoms. The first-order valence-corrected chi connectivity index (χ1v) is 9.94. The lowest BCUT2D eigenvalue weighted by atomic mass is 10.2. The van der Waals surface area contributed by atoms with E-state index in [-0.39, 0.29) is 11.1 Å². The van der Waals surface area contributed by atoms with Crippen molar-refractivity contribution < 1.29 is 9.53 Å². The molecule has 0 saturated heterocycles. The van der Waals surface area contributed by atoms with Crippen molar-refractivity contribution in [3.8, 4) is 5.75 Å². The summed E-state index contributed by atoms with van der Waals surface area (Å²) in [6.07, 6.45) is 1.79. The number of aliphatic imine (C=N–C) groups is 1. The highest BCUT2D eigenvalue weighted by atomic mass is 127. The van der Waals surface area contributed by atoms with Gasteiger partial charge in [-0.2, -0.15) is 4.99 Å². The normalized spacial score (nSPS) is 15.7. The molecule has 0 aliphatic carbocycles. The van der Waals surface area contributed by atoms with Gasteiger partial charge < -0.3 is 10.5 Å². The number of hydrogen-bond acceptors (Lipinski definition) is 4. The second-order valence-electron chi connectivity index (χ2n) is 4.95. The van der Waals surface area contributed by atoms with Gasteiger partial charge in [-0.15, -0.1) is 0 Å². The van der Waals surface area contributed by atoms with Gasteiger partial charge in [0.1, 0.15) is 12.4 Å². The molecule has 1 amide bonds. The number of thioether (sulfide) groups is 1. The van der Waals surface area contributed by atoms with Crippen molar-refractivity contribution in [2.45, 2.75) is 6.61 Å². The van der Waals surface area contributed by atoms with Gasteiger partial charge in [-0.3, -0.25) is 4.79 Å². The third-order valence-corrected chi connectivity index (χ3v) is 5.42. The van der Waals surface area contributed by atoms with Gasteiger partial charge in [0.05, 0.1) is 8.48 Å². The minimum atomic E-state index is -0.305. The van der Waals surface area contributed by atoms with Crippen LogP contribution in [0, 0.1) is 7.14 Å². The van der Waals surface area contributed by atoms with Crippen molar-refractivity contribution in [1.82, 2.24) is 0 Å². The van der Waals surface area contributed by atoms with Crippen LogP contribution in [0.25, 0.3) is 6.08 Å². The molecule has 2 aromatic rings. The van der Waals surface area contributed by atoms with E-state index in [2.05, 4.69) is 50.2 Å². The van der Waals surface area contributed by atoms with Crippen LogP contribution in [0.15, 0.2) is 52.4 Å². The number of hydrogen-bond donors (Lipinski definition) is 1. The molecule has 4 nitrogen and oxygen atoms in total. The maximum Gasteiger partial charge on any atom is 0.286 e. The Bertz CT molecular complexity index is 851. The number of carbonyl (C=O) groups is 1. The minimum Gasteiger partial charge on any atom is -0.487 e. The average molecular weight is 562 g/mol. The van der Waals surface area contributed by atoms with Crippen molar-refractivity contribution >= 4 is 74.1 Å². The average Bonchev–Trinajstić information content (AvgIpc) is 2.85. The molecule has 2 aromatic carbocycles. The Morgan fingerprint density at radius 1 is 1.21 bits per heavy atom. The lowest BCUT2D eigenvalue weighted by molar-refractivity contribution is -0.113. The molecule has 1 aliphatic rings. The molecule has 7 heteroatoms. The Labute approximate surface area is 171 Å². The summed E-state index contributed by atoms with van der Waals surface area (Å²) in [6.45, 7) is 0.466. The first-order valence-electron chi connectivity index (χ1n) is 6.97. The summed E-state index contributed by atoms with van der Waals surface area (Å²) in [5, 5.41) is 0.276. The molecule has 122 valence electrons. The number of carbonyl (C=O) groups excluding carboxylic acids is 1. The first kappa shape index (κ1) is 17.7. The van der Waals surface area contributed by atoms with E-state index >= 15 is 0 Å². The van der Waals surface area contributed by atoms with Gasteiger partial charge in [0, 0.05) is 9.13 Å². The van der Waals surface area contributed by atoms with Crippen LogP contribution in [0.4, 0.5) is 0 Å². The lowest BCUT2D eigenvalue weighted by Gasteiger charge is -2.13. The van der Waals surface area contributed by atoms with Crippen LogP contribution in [0.1, 0.15) is 11.1 Å². The van der Waals surface area contributed by atoms with Crippen molar-refractivity contribution in [1.29, 1.82) is 0 Å². The number of benzene rings is 2. The fraction of sp³-hybridized carbons (Fsp3) is 0.0588. The molecule has 0 bridgehead atoms. The maximum absolute atomic E-state index is 11.8. The number of nitrogens with zero attached hydrogens (tertiary/aromatic N) is 1. The van der Waals surface area contributed by atoms with Gasteiger partial charge >= 0.3 is 0 Å². The summed E-state index contributed by atoms with van der Waals surface area (Å²) in [5.74, 6) is 0.451. The zero-order valence-corrected chi connectivity index (χ0v) is 17.5. The quantitative estimate of drug-likeness (QED) is 0.444. The summed E-state index contributed by atoms with van der Waals surface area (Å²) in [7, 11) is 0. The van der Waals surface area contributed by atoms with Gasteiger partial charge in [-0.05, 0) is 80.7 Å². The van der Waals surface area contributed by atoms with E-state index in [4.69, 9.17) is 10.5 Å². The first-order chi connectivity index (χ1) is 11.5. The van der Waals surface area contributed by atoms with E-state index in [1.807, 2.05) is 42.5 Å². The van der Waals surface area contributed by atoms with Gasteiger partial charge in [-0.25, -0.2) is 0 Å². The van der Waals surface area contributed by atoms with Crippen LogP contribution >= 0.6 is 56.9 Å². The zero-order chi connectivity index (χ0) is 17.1. The molecule has 2 N–H and O–H groups in total. The van der Waals surface area contributed by atoms with Crippen LogP contribution in [0.3, 0.4) is 0 Å². The fourth-order valence-corrected chi connectivity index (χ4v) is 4.85.